The lowest BCUT2D eigenvalue weighted by Crippen LogP contribution is -2.25. The highest BCUT2D eigenvalue weighted by Crippen LogP contribution is 2.08. The predicted octanol–water partition coefficient (Wildman–Crippen LogP) is 0.464. The molecule has 1 rings (SSSR count). The van der Waals surface area contributed by atoms with Crippen molar-refractivity contribution in [3.05, 3.63) is 18.5 Å². The third kappa shape index (κ3) is 3.96. The summed E-state index contributed by atoms with van der Waals surface area (Å²) >= 11 is 0. The number of hydrogen-bond donors (Lipinski definition) is 2. The first-order valence-electron chi connectivity index (χ1n) is 5.21. The van der Waals surface area contributed by atoms with Gasteiger partial charge in [-0.25, -0.2) is 13.1 Å². The average Bonchev–Trinajstić information content (AvgIpc) is 2.60. The van der Waals surface area contributed by atoms with E-state index >= 15 is 0 Å². The number of aryl methyl sites for hydroxylation is 1. The van der Waals surface area contributed by atoms with E-state index in [9.17, 15) is 8.42 Å². The molecular weight excluding hydrogens is 228 g/mol. The molecule has 0 saturated heterocycles. The van der Waals surface area contributed by atoms with E-state index in [1.807, 2.05) is 0 Å². The molecule has 1 heterocycles. The first kappa shape index (κ1) is 13.2. The number of aliphatic hydroxyl groups excluding tert-OH is 1. The van der Waals surface area contributed by atoms with Crippen LogP contribution in [0.25, 0.3) is 0 Å². The van der Waals surface area contributed by atoms with Crippen LogP contribution in [0.2, 0.25) is 0 Å². The normalized spacial score (nSPS) is 13.9. The summed E-state index contributed by atoms with van der Waals surface area (Å²) in [6, 6.07) is 1.55. The number of sulfonamides is 1. The van der Waals surface area contributed by atoms with Gasteiger partial charge in [0.1, 0.15) is 0 Å². The highest BCUT2D eigenvalue weighted by Gasteiger charge is 2.13. The van der Waals surface area contributed by atoms with Gasteiger partial charge in [0.2, 0.25) is 10.0 Å². The zero-order valence-corrected chi connectivity index (χ0v) is 10.4. The van der Waals surface area contributed by atoms with E-state index in [4.69, 9.17) is 5.11 Å². The Balaban J connectivity index is 2.47. The van der Waals surface area contributed by atoms with E-state index < -0.39 is 10.0 Å². The maximum Gasteiger partial charge on any atom is 0.242 e. The van der Waals surface area contributed by atoms with Crippen LogP contribution in [0.5, 0.6) is 0 Å². The Morgan fingerprint density at radius 1 is 1.56 bits per heavy atom. The fraction of sp³-hybridized carbons (Fsp3) is 0.600. The second-order valence-corrected chi connectivity index (χ2v) is 5.67. The van der Waals surface area contributed by atoms with Gasteiger partial charge < -0.3 is 9.67 Å². The van der Waals surface area contributed by atoms with E-state index in [1.165, 1.54) is 0 Å². The molecule has 0 bridgehead atoms. The summed E-state index contributed by atoms with van der Waals surface area (Å²) in [6.45, 7) is 2.04. The van der Waals surface area contributed by atoms with E-state index in [0.717, 1.165) is 0 Å². The van der Waals surface area contributed by atoms with Crippen molar-refractivity contribution in [1.82, 2.24) is 9.29 Å². The third-order valence-electron chi connectivity index (χ3n) is 2.21. The van der Waals surface area contributed by atoms with Gasteiger partial charge in [-0.05, 0) is 25.8 Å². The summed E-state index contributed by atoms with van der Waals surface area (Å²) in [4.78, 5) is 0.270. The van der Waals surface area contributed by atoms with E-state index in [1.54, 1.807) is 37.0 Å². The molecule has 0 aromatic carbocycles. The molecule has 2 N–H and O–H groups in total. The molecule has 0 spiro atoms. The fourth-order valence-electron chi connectivity index (χ4n) is 1.32. The van der Waals surface area contributed by atoms with Crippen LogP contribution in [0, 0.1) is 0 Å². The summed E-state index contributed by atoms with van der Waals surface area (Å²) < 4.78 is 27.6. The van der Waals surface area contributed by atoms with Crippen molar-refractivity contribution in [3.8, 4) is 0 Å². The van der Waals surface area contributed by atoms with E-state index in [2.05, 4.69) is 4.72 Å². The number of hydrogen-bond acceptors (Lipinski definition) is 3. The summed E-state index contributed by atoms with van der Waals surface area (Å²) in [5.41, 5.74) is 0. The van der Waals surface area contributed by atoms with Gasteiger partial charge in [0.25, 0.3) is 0 Å². The number of rotatable bonds is 6. The summed E-state index contributed by atoms with van der Waals surface area (Å²) in [6.07, 6.45) is 4.07. The van der Waals surface area contributed by atoms with Crippen LogP contribution in [0.3, 0.4) is 0 Å². The van der Waals surface area contributed by atoms with Crippen molar-refractivity contribution < 1.29 is 13.5 Å². The van der Waals surface area contributed by atoms with Crippen LogP contribution in [-0.2, 0) is 17.1 Å². The van der Waals surface area contributed by atoms with Crippen molar-refractivity contribution in [2.24, 2.45) is 7.05 Å². The Kier molecular flexibility index (Phi) is 4.52. The maximum atomic E-state index is 11.7. The van der Waals surface area contributed by atoms with Crippen LogP contribution >= 0.6 is 0 Å². The monoisotopic (exact) mass is 246 g/mol. The highest BCUT2D eigenvalue weighted by atomic mass is 32.2. The molecule has 0 saturated carbocycles. The number of nitrogens with one attached hydrogen (secondary N) is 1. The lowest BCUT2D eigenvalue weighted by atomic mass is 10.2. The average molecular weight is 246 g/mol. The van der Waals surface area contributed by atoms with Gasteiger partial charge in [-0.15, -0.1) is 0 Å². The molecule has 0 aliphatic heterocycles. The van der Waals surface area contributed by atoms with Crippen LogP contribution < -0.4 is 4.72 Å². The topological polar surface area (TPSA) is 71.3 Å². The maximum absolute atomic E-state index is 11.7. The van der Waals surface area contributed by atoms with Crippen molar-refractivity contribution in [2.45, 2.75) is 30.8 Å². The van der Waals surface area contributed by atoms with Crippen LogP contribution in [0.15, 0.2) is 23.4 Å². The van der Waals surface area contributed by atoms with Crippen LogP contribution in [-0.4, -0.2) is 30.7 Å². The minimum Gasteiger partial charge on any atom is -0.393 e. The molecule has 0 radical (unpaired) electrons. The molecule has 1 atom stereocenters. The quantitative estimate of drug-likeness (QED) is 0.717. The van der Waals surface area contributed by atoms with Gasteiger partial charge >= 0.3 is 0 Å². The Hall–Kier alpha value is -0.850. The zero-order chi connectivity index (χ0) is 12.2. The lowest BCUT2D eigenvalue weighted by Gasteiger charge is -2.06. The second-order valence-electron chi connectivity index (χ2n) is 3.90. The molecule has 0 aliphatic rings. The molecule has 92 valence electrons. The molecule has 1 unspecified atom stereocenters. The standard InChI is InChI=1S/C10H18N2O3S/c1-9(13)4-3-6-11-16(14,15)10-5-7-12(2)8-10/h5,7-9,11,13H,3-4,6H2,1-2H3. The Morgan fingerprint density at radius 2 is 2.25 bits per heavy atom. The lowest BCUT2D eigenvalue weighted by molar-refractivity contribution is 0.182. The van der Waals surface area contributed by atoms with Crippen molar-refractivity contribution in [2.75, 3.05) is 6.54 Å². The van der Waals surface area contributed by atoms with Gasteiger partial charge in [-0.3, -0.25) is 0 Å². The smallest absolute Gasteiger partial charge is 0.242 e. The van der Waals surface area contributed by atoms with Crippen LogP contribution in [0.1, 0.15) is 19.8 Å². The highest BCUT2D eigenvalue weighted by molar-refractivity contribution is 7.89. The van der Waals surface area contributed by atoms with Gasteiger partial charge in [0.05, 0.1) is 11.0 Å². The molecule has 0 amide bonds. The number of aliphatic hydroxyl groups is 1. The molecule has 1 aromatic rings. The Labute approximate surface area is 96.1 Å². The first-order chi connectivity index (χ1) is 7.42. The number of aromatic nitrogens is 1. The largest absolute Gasteiger partial charge is 0.393 e. The predicted molar refractivity (Wildman–Crippen MR) is 61.5 cm³/mol. The number of nitrogens with zero attached hydrogens (tertiary/aromatic N) is 1. The zero-order valence-electron chi connectivity index (χ0n) is 9.55. The SMILES string of the molecule is CC(O)CCCNS(=O)(=O)c1ccn(C)c1. The summed E-state index contributed by atoms with van der Waals surface area (Å²) in [7, 11) is -1.62. The summed E-state index contributed by atoms with van der Waals surface area (Å²) in [5.74, 6) is 0. The Bertz CT molecular complexity index is 423. The van der Waals surface area contributed by atoms with Gasteiger partial charge in [0, 0.05) is 26.0 Å². The third-order valence-corrected chi connectivity index (χ3v) is 3.65. The van der Waals surface area contributed by atoms with E-state index in [0.29, 0.717) is 19.4 Å². The molecule has 0 fully saturated rings. The minimum atomic E-state index is -3.39. The molecule has 6 heteroatoms. The van der Waals surface area contributed by atoms with Crippen molar-refractivity contribution in [1.29, 1.82) is 0 Å². The van der Waals surface area contributed by atoms with Gasteiger partial charge in [-0.2, -0.15) is 0 Å². The van der Waals surface area contributed by atoms with Crippen molar-refractivity contribution in [3.63, 3.8) is 0 Å². The molecular formula is C10H18N2O3S. The second kappa shape index (κ2) is 5.47. The van der Waals surface area contributed by atoms with E-state index in [-0.39, 0.29) is 11.0 Å². The van der Waals surface area contributed by atoms with Crippen LogP contribution in [0.4, 0.5) is 0 Å². The molecule has 1 aromatic heterocycles. The van der Waals surface area contributed by atoms with Gasteiger partial charge in [-0.1, -0.05) is 0 Å². The van der Waals surface area contributed by atoms with Gasteiger partial charge in [0.15, 0.2) is 0 Å². The Morgan fingerprint density at radius 3 is 2.75 bits per heavy atom. The first-order valence-corrected chi connectivity index (χ1v) is 6.70. The molecule has 16 heavy (non-hydrogen) atoms. The fourth-order valence-corrected chi connectivity index (χ4v) is 2.45. The summed E-state index contributed by atoms with van der Waals surface area (Å²) in [5, 5.41) is 9.02. The van der Waals surface area contributed by atoms with Crippen molar-refractivity contribution >= 4 is 10.0 Å². The molecule has 0 aliphatic carbocycles. The minimum absolute atomic E-state index is 0.270. The molecule has 5 nitrogen and oxygen atoms in total.